The molecule has 3 N–H and O–H groups in total. The second kappa shape index (κ2) is 4.49. The number of nitrogens with one attached hydrogen (secondary N) is 1. The van der Waals surface area contributed by atoms with Crippen molar-refractivity contribution >= 4 is 11.6 Å². The zero-order valence-electron chi connectivity index (χ0n) is 13.5. The molecule has 0 radical (unpaired) electrons. The maximum absolute atomic E-state index is 11.5. The van der Waals surface area contributed by atoms with E-state index in [1.165, 1.54) is 19.3 Å². The normalized spacial score (nSPS) is 33.1. The van der Waals surface area contributed by atoms with E-state index in [1.807, 2.05) is 13.0 Å². The molecule has 0 spiro atoms. The molecule has 1 amide bonds. The Hall–Kier alpha value is -1.51. The molecule has 2 bridgehead atoms. The van der Waals surface area contributed by atoms with Gasteiger partial charge in [-0.25, -0.2) is 0 Å². The number of anilines is 1. The molecule has 0 saturated heterocycles. The zero-order valence-corrected chi connectivity index (χ0v) is 13.5. The van der Waals surface area contributed by atoms with Crippen LogP contribution >= 0.6 is 0 Å². The number of rotatable bonds is 3. The van der Waals surface area contributed by atoms with Gasteiger partial charge in [-0.2, -0.15) is 0 Å². The van der Waals surface area contributed by atoms with E-state index >= 15 is 0 Å². The third kappa shape index (κ3) is 2.05. The number of benzene rings is 1. The molecule has 0 aromatic heterocycles. The van der Waals surface area contributed by atoms with Crippen LogP contribution in [0.2, 0.25) is 0 Å². The minimum absolute atomic E-state index is 0.294. The van der Waals surface area contributed by atoms with Gasteiger partial charge < -0.3 is 11.1 Å². The highest BCUT2D eigenvalue weighted by atomic mass is 16.1. The van der Waals surface area contributed by atoms with Gasteiger partial charge in [0.15, 0.2) is 0 Å². The fourth-order valence-corrected chi connectivity index (χ4v) is 4.88. The van der Waals surface area contributed by atoms with Gasteiger partial charge in [0.05, 0.1) is 0 Å². The highest BCUT2D eigenvalue weighted by molar-refractivity contribution is 5.95. The van der Waals surface area contributed by atoms with Crippen LogP contribution in [-0.2, 0) is 0 Å². The van der Waals surface area contributed by atoms with Gasteiger partial charge in [-0.05, 0) is 60.6 Å². The molecule has 3 nitrogen and oxygen atoms in total. The van der Waals surface area contributed by atoms with E-state index in [0.717, 1.165) is 17.2 Å². The lowest BCUT2D eigenvalue weighted by atomic mass is 9.68. The van der Waals surface area contributed by atoms with Crippen molar-refractivity contribution in [1.82, 2.24) is 0 Å². The fraction of sp³-hybridized carbons (Fsp3) is 0.611. The van der Waals surface area contributed by atoms with E-state index < -0.39 is 0 Å². The Labute approximate surface area is 127 Å². The van der Waals surface area contributed by atoms with Gasteiger partial charge in [0.2, 0.25) is 5.91 Å². The maximum atomic E-state index is 11.5. The van der Waals surface area contributed by atoms with Crippen LogP contribution in [0.15, 0.2) is 18.2 Å². The van der Waals surface area contributed by atoms with E-state index in [2.05, 4.69) is 32.2 Å². The molecule has 1 aromatic carbocycles. The quantitative estimate of drug-likeness (QED) is 0.889. The summed E-state index contributed by atoms with van der Waals surface area (Å²) < 4.78 is 0. The molecule has 2 fully saturated rings. The van der Waals surface area contributed by atoms with Gasteiger partial charge in [0, 0.05) is 17.3 Å². The number of primary amides is 1. The predicted molar refractivity (Wildman–Crippen MR) is 86.3 cm³/mol. The minimum Gasteiger partial charge on any atom is -0.381 e. The van der Waals surface area contributed by atoms with E-state index in [-0.39, 0.29) is 5.91 Å². The van der Waals surface area contributed by atoms with E-state index in [1.54, 1.807) is 6.07 Å². The van der Waals surface area contributed by atoms with Crippen LogP contribution in [-0.4, -0.2) is 11.9 Å². The molecule has 21 heavy (non-hydrogen) atoms. The number of hydrogen-bond donors (Lipinski definition) is 2. The van der Waals surface area contributed by atoms with Crippen molar-refractivity contribution in [2.24, 2.45) is 22.5 Å². The number of carbonyl (C=O) groups excluding carboxylic acids is 1. The molecule has 3 rings (SSSR count). The number of hydrogen-bond acceptors (Lipinski definition) is 2. The standard InChI is InChI=1S/C18H26N2O/c1-11-13(15(19)21)6-5-7-14(11)20-16-17(2,3)12-8-9-18(16,4)10-12/h5-7,12,16,20H,8-10H2,1-4H3,(H2,19,21). The lowest BCUT2D eigenvalue weighted by molar-refractivity contribution is 0.1000. The fourth-order valence-electron chi connectivity index (χ4n) is 4.88. The van der Waals surface area contributed by atoms with Crippen molar-refractivity contribution in [2.45, 2.75) is 53.0 Å². The van der Waals surface area contributed by atoms with Gasteiger partial charge in [-0.1, -0.05) is 26.8 Å². The zero-order chi connectivity index (χ0) is 15.4. The van der Waals surface area contributed by atoms with Gasteiger partial charge in [0.1, 0.15) is 0 Å². The second-order valence-corrected chi connectivity index (χ2v) is 7.83. The minimum atomic E-state index is -0.352. The highest BCUT2D eigenvalue weighted by Crippen LogP contribution is 2.63. The topological polar surface area (TPSA) is 55.1 Å². The van der Waals surface area contributed by atoms with Crippen LogP contribution in [0, 0.1) is 23.7 Å². The van der Waals surface area contributed by atoms with Crippen LogP contribution in [0.25, 0.3) is 0 Å². The molecule has 0 aliphatic heterocycles. The van der Waals surface area contributed by atoms with E-state index in [9.17, 15) is 4.79 Å². The SMILES string of the molecule is Cc1c(NC2C3(C)CCC(C3)C2(C)C)cccc1C(N)=O. The summed E-state index contributed by atoms with van der Waals surface area (Å²) in [6.45, 7) is 9.15. The molecule has 2 aliphatic carbocycles. The second-order valence-electron chi connectivity index (χ2n) is 7.83. The van der Waals surface area contributed by atoms with Gasteiger partial charge in [0.25, 0.3) is 0 Å². The average Bonchev–Trinajstić information content (AvgIpc) is 2.87. The molecule has 114 valence electrons. The summed E-state index contributed by atoms with van der Waals surface area (Å²) in [5, 5.41) is 3.76. The molecule has 0 heterocycles. The van der Waals surface area contributed by atoms with E-state index in [0.29, 0.717) is 22.4 Å². The van der Waals surface area contributed by atoms with Crippen molar-refractivity contribution in [2.75, 3.05) is 5.32 Å². The molecule has 1 aromatic rings. The third-order valence-corrected chi connectivity index (χ3v) is 6.17. The van der Waals surface area contributed by atoms with Crippen molar-refractivity contribution < 1.29 is 4.79 Å². The molecular formula is C18H26N2O. The third-order valence-electron chi connectivity index (χ3n) is 6.17. The number of amides is 1. The summed E-state index contributed by atoms with van der Waals surface area (Å²) in [6.07, 6.45) is 3.96. The summed E-state index contributed by atoms with van der Waals surface area (Å²) >= 11 is 0. The Kier molecular flexibility index (Phi) is 3.09. The average molecular weight is 286 g/mol. The van der Waals surface area contributed by atoms with Crippen LogP contribution in [0.1, 0.15) is 56.0 Å². The van der Waals surface area contributed by atoms with Crippen molar-refractivity contribution in [3.63, 3.8) is 0 Å². The van der Waals surface area contributed by atoms with Crippen molar-refractivity contribution in [3.05, 3.63) is 29.3 Å². The molecule has 3 unspecified atom stereocenters. The smallest absolute Gasteiger partial charge is 0.249 e. The van der Waals surface area contributed by atoms with Crippen LogP contribution in [0.5, 0.6) is 0 Å². The Morgan fingerprint density at radius 3 is 2.62 bits per heavy atom. The maximum Gasteiger partial charge on any atom is 0.249 e. The monoisotopic (exact) mass is 286 g/mol. The Morgan fingerprint density at radius 2 is 2.05 bits per heavy atom. The summed E-state index contributed by atoms with van der Waals surface area (Å²) in [5.41, 5.74) is 8.76. The number of carbonyl (C=O) groups is 1. The van der Waals surface area contributed by atoms with Crippen LogP contribution in [0.4, 0.5) is 5.69 Å². The molecule has 3 atom stereocenters. The first kappa shape index (κ1) is 14.4. The van der Waals surface area contributed by atoms with Gasteiger partial charge >= 0.3 is 0 Å². The molecule has 2 saturated carbocycles. The lowest BCUT2D eigenvalue weighted by Crippen LogP contribution is -2.46. The van der Waals surface area contributed by atoms with Gasteiger partial charge in [-0.15, -0.1) is 0 Å². The first-order chi connectivity index (χ1) is 9.75. The van der Waals surface area contributed by atoms with E-state index in [4.69, 9.17) is 5.73 Å². The van der Waals surface area contributed by atoms with Gasteiger partial charge in [-0.3, -0.25) is 4.79 Å². The predicted octanol–water partition coefficient (Wildman–Crippen LogP) is 3.72. The summed E-state index contributed by atoms with van der Waals surface area (Å²) in [5.74, 6) is 0.453. The van der Waals surface area contributed by atoms with Crippen molar-refractivity contribution in [3.8, 4) is 0 Å². The Balaban J connectivity index is 1.94. The number of fused-ring (bicyclic) bond motifs is 2. The number of nitrogens with two attached hydrogens (primary N) is 1. The summed E-state index contributed by atoms with van der Waals surface area (Å²) in [4.78, 5) is 11.5. The molecular weight excluding hydrogens is 260 g/mol. The summed E-state index contributed by atoms with van der Waals surface area (Å²) in [6, 6.07) is 6.23. The largest absolute Gasteiger partial charge is 0.381 e. The highest BCUT2D eigenvalue weighted by Gasteiger charge is 2.59. The first-order valence-corrected chi connectivity index (χ1v) is 7.92. The Bertz CT molecular complexity index is 588. The lowest BCUT2D eigenvalue weighted by Gasteiger charge is -2.44. The molecule has 2 aliphatic rings. The molecule has 3 heteroatoms. The first-order valence-electron chi connectivity index (χ1n) is 7.92. The Morgan fingerprint density at radius 1 is 1.33 bits per heavy atom. The van der Waals surface area contributed by atoms with Crippen LogP contribution < -0.4 is 11.1 Å². The summed E-state index contributed by atoms with van der Waals surface area (Å²) in [7, 11) is 0. The van der Waals surface area contributed by atoms with Crippen molar-refractivity contribution in [1.29, 1.82) is 0 Å². The van der Waals surface area contributed by atoms with Crippen LogP contribution in [0.3, 0.4) is 0 Å².